The molecule has 1 fully saturated rings. The average molecular weight is 365 g/mol. The van der Waals surface area contributed by atoms with Gasteiger partial charge in [0.1, 0.15) is 11.4 Å². The van der Waals surface area contributed by atoms with Gasteiger partial charge in [-0.15, -0.1) is 0 Å². The number of aromatic carboxylic acids is 1. The molecule has 2 aliphatic heterocycles. The second-order valence-corrected chi connectivity index (χ2v) is 7.60. The average Bonchev–Trinajstić information content (AvgIpc) is 2.60. The normalized spacial score (nSPS) is 20.0. The number of aryl methyl sites for hydroxylation is 1. The number of benzene rings is 1. The van der Waals surface area contributed by atoms with Crippen molar-refractivity contribution in [3.05, 3.63) is 33.9 Å². The number of carboxylic acid groups (broad SMARTS) is 1. The summed E-state index contributed by atoms with van der Waals surface area (Å²) in [6.07, 6.45) is 1.27. The van der Waals surface area contributed by atoms with Gasteiger partial charge in [-0.3, -0.25) is 9.00 Å². The topological polar surface area (TPSA) is 91.6 Å². The van der Waals surface area contributed by atoms with Crippen molar-refractivity contribution in [1.29, 1.82) is 0 Å². The molecule has 0 radical (unpaired) electrons. The summed E-state index contributed by atoms with van der Waals surface area (Å²) < 4.78 is 29.2. The maximum absolute atomic E-state index is 14.9. The molecule has 4 rings (SSSR count). The lowest BCUT2D eigenvalue weighted by atomic mass is 10.1. The Labute approximate surface area is 144 Å². The highest BCUT2D eigenvalue weighted by atomic mass is 32.2. The molecule has 2 N–H and O–H groups in total. The molecule has 3 heterocycles. The number of rotatable bonds is 2. The molecule has 2 aromatic rings. The number of halogens is 1. The van der Waals surface area contributed by atoms with Crippen molar-refractivity contribution in [1.82, 2.24) is 9.88 Å². The number of anilines is 1. The lowest BCUT2D eigenvalue weighted by molar-refractivity contribution is 0.0695. The summed E-state index contributed by atoms with van der Waals surface area (Å²) in [5.74, 6) is -1.73. The van der Waals surface area contributed by atoms with Crippen molar-refractivity contribution >= 4 is 33.4 Å². The summed E-state index contributed by atoms with van der Waals surface area (Å²) in [6, 6.07) is 1.09. The van der Waals surface area contributed by atoms with Gasteiger partial charge in [0.2, 0.25) is 5.43 Å². The van der Waals surface area contributed by atoms with Crippen LogP contribution in [0.25, 0.3) is 10.9 Å². The van der Waals surface area contributed by atoms with E-state index in [2.05, 4.69) is 5.32 Å². The smallest absolute Gasteiger partial charge is 0.341 e. The molecular weight excluding hydrogens is 349 g/mol. The number of hydrogen-bond donors (Lipinski definition) is 2. The summed E-state index contributed by atoms with van der Waals surface area (Å²) in [4.78, 5) is 25.9. The third-order valence-electron chi connectivity index (χ3n) is 4.65. The summed E-state index contributed by atoms with van der Waals surface area (Å²) in [5.41, 5.74) is -0.497. The standard InChI is InChI=1S/C16H16FN3O4S/c17-11-7-9-12-15(13(11)19-3-1-18-2-4-19)25(24)6-5-20(12)8-10(14(9)21)16(22)23/h7-8,18H,1-6H2,(H,22,23). The van der Waals surface area contributed by atoms with Gasteiger partial charge in [0, 0.05) is 44.7 Å². The number of carboxylic acids is 1. The first kappa shape index (κ1) is 16.2. The molecule has 0 bridgehead atoms. The van der Waals surface area contributed by atoms with Crippen molar-refractivity contribution in [2.24, 2.45) is 0 Å². The number of carbonyl (C=O) groups is 1. The highest BCUT2D eigenvalue weighted by molar-refractivity contribution is 7.85. The molecule has 2 aliphatic rings. The monoisotopic (exact) mass is 365 g/mol. The summed E-state index contributed by atoms with van der Waals surface area (Å²) >= 11 is 0. The quantitative estimate of drug-likeness (QED) is 0.799. The molecule has 1 aromatic carbocycles. The SMILES string of the molecule is O=C(O)c1cn2c3c(c(N4CCNCC4)c(F)cc3c1=O)S(=O)CC2. The molecule has 0 aliphatic carbocycles. The lowest BCUT2D eigenvalue weighted by Crippen LogP contribution is -2.44. The van der Waals surface area contributed by atoms with E-state index in [1.54, 1.807) is 4.57 Å². The molecule has 25 heavy (non-hydrogen) atoms. The van der Waals surface area contributed by atoms with Gasteiger partial charge in [0.15, 0.2) is 0 Å². The van der Waals surface area contributed by atoms with Crippen molar-refractivity contribution in [3.63, 3.8) is 0 Å². The molecule has 1 aromatic heterocycles. The second-order valence-electron chi connectivity index (χ2n) is 6.09. The first-order valence-corrected chi connectivity index (χ1v) is 9.28. The molecule has 0 spiro atoms. The van der Waals surface area contributed by atoms with Crippen LogP contribution in [0.4, 0.5) is 10.1 Å². The van der Waals surface area contributed by atoms with Crippen LogP contribution in [0.3, 0.4) is 0 Å². The maximum Gasteiger partial charge on any atom is 0.341 e. The van der Waals surface area contributed by atoms with Crippen molar-refractivity contribution in [3.8, 4) is 0 Å². The molecule has 7 nitrogen and oxygen atoms in total. The van der Waals surface area contributed by atoms with Crippen LogP contribution in [-0.4, -0.2) is 51.8 Å². The first-order chi connectivity index (χ1) is 12.0. The predicted octanol–water partition coefficient (Wildman–Crippen LogP) is 0.370. The van der Waals surface area contributed by atoms with E-state index in [-0.39, 0.29) is 16.8 Å². The minimum absolute atomic E-state index is 0.0284. The van der Waals surface area contributed by atoms with E-state index in [1.807, 2.05) is 4.90 Å². The Bertz CT molecular complexity index is 982. The van der Waals surface area contributed by atoms with E-state index >= 15 is 0 Å². The minimum atomic E-state index is -1.45. The summed E-state index contributed by atoms with van der Waals surface area (Å²) in [6.45, 7) is 2.85. The Balaban J connectivity index is 2.09. The fraction of sp³-hybridized carbons (Fsp3) is 0.375. The molecule has 132 valence electrons. The highest BCUT2D eigenvalue weighted by Crippen LogP contribution is 2.36. The zero-order valence-electron chi connectivity index (χ0n) is 13.2. The van der Waals surface area contributed by atoms with Crippen molar-refractivity contribution in [2.75, 3.05) is 36.8 Å². The van der Waals surface area contributed by atoms with Crippen molar-refractivity contribution in [2.45, 2.75) is 11.4 Å². The Morgan fingerprint density at radius 1 is 1.28 bits per heavy atom. The van der Waals surface area contributed by atoms with Gasteiger partial charge in [0.05, 0.1) is 32.3 Å². The molecule has 1 unspecified atom stereocenters. The fourth-order valence-electron chi connectivity index (χ4n) is 3.50. The fourth-order valence-corrected chi connectivity index (χ4v) is 4.95. The number of aromatic nitrogens is 1. The highest BCUT2D eigenvalue weighted by Gasteiger charge is 2.30. The van der Waals surface area contributed by atoms with Gasteiger partial charge in [-0.2, -0.15) is 0 Å². The first-order valence-electron chi connectivity index (χ1n) is 7.96. The van der Waals surface area contributed by atoms with Crippen LogP contribution in [-0.2, 0) is 17.3 Å². The maximum atomic E-state index is 14.9. The number of pyridine rings is 1. The summed E-state index contributed by atoms with van der Waals surface area (Å²) in [5, 5.41) is 12.4. The molecule has 9 heteroatoms. The van der Waals surface area contributed by atoms with Gasteiger partial charge in [-0.05, 0) is 6.07 Å². The van der Waals surface area contributed by atoms with Crippen LogP contribution in [0.15, 0.2) is 22.0 Å². The third kappa shape index (κ3) is 2.46. The Kier molecular flexibility index (Phi) is 3.84. The summed E-state index contributed by atoms with van der Waals surface area (Å²) in [7, 11) is -1.45. The van der Waals surface area contributed by atoms with Crippen LogP contribution < -0.4 is 15.6 Å². The predicted molar refractivity (Wildman–Crippen MR) is 91.5 cm³/mol. The van der Waals surface area contributed by atoms with Gasteiger partial charge in [-0.1, -0.05) is 0 Å². The van der Waals surface area contributed by atoms with Gasteiger partial charge < -0.3 is 19.9 Å². The van der Waals surface area contributed by atoms with E-state index < -0.39 is 33.6 Å². The van der Waals surface area contributed by atoms with E-state index in [9.17, 15) is 23.3 Å². The van der Waals surface area contributed by atoms with E-state index in [1.165, 1.54) is 6.20 Å². The van der Waals surface area contributed by atoms with E-state index in [0.717, 1.165) is 6.07 Å². The lowest BCUT2D eigenvalue weighted by Gasteiger charge is -2.33. The second kappa shape index (κ2) is 5.92. The number of hydrogen-bond acceptors (Lipinski definition) is 5. The minimum Gasteiger partial charge on any atom is -0.477 e. The van der Waals surface area contributed by atoms with Gasteiger partial charge >= 0.3 is 5.97 Å². The van der Waals surface area contributed by atoms with E-state index in [0.29, 0.717) is 43.1 Å². The molecule has 1 atom stereocenters. The Morgan fingerprint density at radius 3 is 2.68 bits per heavy atom. The Hall–Kier alpha value is -2.26. The third-order valence-corrected chi connectivity index (χ3v) is 6.05. The Morgan fingerprint density at radius 2 is 2.00 bits per heavy atom. The van der Waals surface area contributed by atoms with Crippen molar-refractivity contribution < 1.29 is 18.5 Å². The molecule has 1 saturated heterocycles. The zero-order chi connectivity index (χ0) is 17.7. The molecule has 0 amide bonds. The van der Waals surface area contributed by atoms with Gasteiger partial charge in [0.25, 0.3) is 0 Å². The number of nitrogens with zero attached hydrogens (tertiary/aromatic N) is 2. The largest absolute Gasteiger partial charge is 0.477 e. The number of nitrogens with one attached hydrogen (secondary N) is 1. The van der Waals surface area contributed by atoms with Crippen LogP contribution in [0.1, 0.15) is 10.4 Å². The van der Waals surface area contributed by atoms with Gasteiger partial charge in [-0.25, -0.2) is 9.18 Å². The number of piperazine rings is 1. The molecular formula is C16H16FN3O4S. The van der Waals surface area contributed by atoms with Crippen LogP contribution in [0.5, 0.6) is 0 Å². The van der Waals surface area contributed by atoms with Crippen LogP contribution >= 0.6 is 0 Å². The van der Waals surface area contributed by atoms with Crippen LogP contribution in [0, 0.1) is 5.82 Å². The zero-order valence-corrected chi connectivity index (χ0v) is 14.1. The van der Waals surface area contributed by atoms with Crippen LogP contribution in [0.2, 0.25) is 0 Å². The van der Waals surface area contributed by atoms with E-state index in [4.69, 9.17) is 0 Å². The molecule has 0 saturated carbocycles.